The molecular formula is C18H20O3. The number of rotatable bonds is 5. The SMILES string of the molecule is Cc1cc(C(=O)O)ccc1COc1ccccc1C(C)C. The van der Waals surface area contributed by atoms with Crippen LogP contribution in [0.5, 0.6) is 5.75 Å². The van der Waals surface area contributed by atoms with Crippen molar-refractivity contribution in [3.63, 3.8) is 0 Å². The summed E-state index contributed by atoms with van der Waals surface area (Å²) in [6.45, 7) is 6.61. The minimum atomic E-state index is -0.907. The van der Waals surface area contributed by atoms with Gasteiger partial charge in [-0.1, -0.05) is 38.1 Å². The van der Waals surface area contributed by atoms with Gasteiger partial charge in [0.15, 0.2) is 0 Å². The van der Waals surface area contributed by atoms with Crippen LogP contribution in [0.2, 0.25) is 0 Å². The summed E-state index contributed by atoms with van der Waals surface area (Å²) < 4.78 is 5.92. The minimum absolute atomic E-state index is 0.304. The van der Waals surface area contributed by atoms with Gasteiger partial charge < -0.3 is 9.84 Å². The largest absolute Gasteiger partial charge is 0.489 e. The number of aryl methyl sites for hydroxylation is 1. The van der Waals surface area contributed by atoms with Crippen molar-refractivity contribution in [3.05, 3.63) is 64.7 Å². The molecule has 0 aromatic heterocycles. The third-order valence-electron chi connectivity index (χ3n) is 3.51. The van der Waals surface area contributed by atoms with E-state index in [0.717, 1.165) is 16.9 Å². The quantitative estimate of drug-likeness (QED) is 0.885. The molecule has 21 heavy (non-hydrogen) atoms. The molecule has 0 amide bonds. The van der Waals surface area contributed by atoms with Crippen molar-refractivity contribution >= 4 is 5.97 Å². The Hall–Kier alpha value is -2.29. The molecule has 1 N–H and O–H groups in total. The number of para-hydroxylation sites is 1. The molecule has 0 aliphatic carbocycles. The fourth-order valence-corrected chi connectivity index (χ4v) is 2.24. The molecule has 0 aliphatic rings. The number of ether oxygens (including phenoxy) is 1. The average molecular weight is 284 g/mol. The standard InChI is InChI=1S/C18H20O3/c1-12(2)16-6-4-5-7-17(16)21-11-15-9-8-14(18(19)20)10-13(15)3/h4-10,12H,11H2,1-3H3,(H,19,20). The summed E-state index contributed by atoms with van der Waals surface area (Å²) in [7, 11) is 0. The normalized spacial score (nSPS) is 10.7. The Labute approximate surface area is 125 Å². The molecule has 110 valence electrons. The van der Waals surface area contributed by atoms with Gasteiger partial charge in [0, 0.05) is 0 Å². The van der Waals surface area contributed by atoms with Gasteiger partial charge in [-0.05, 0) is 47.7 Å². The highest BCUT2D eigenvalue weighted by Gasteiger charge is 2.09. The van der Waals surface area contributed by atoms with Crippen molar-refractivity contribution in [2.75, 3.05) is 0 Å². The molecule has 2 aromatic carbocycles. The van der Waals surface area contributed by atoms with Crippen LogP contribution in [0.25, 0.3) is 0 Å². The lowest BCUT2D eigenvalue weighted by Gasteiger charge is -2.15. The number of aromatic carboxylic acids is 1. The Kier molecular flexibility index (Phi) is 4.63. The third kappa shape index (κ3) is 3.63. The number of hydrogen-bond acceptors (Lipinski definition) is 2. The highest BCUT2D eigenvalue weighted by Crippen LogP contribution is 2.27. The molecule has 2 rings (SSSR count). The van der Waals surface area contributed by atoms with Gasteiger partial charge in [-0.25, -0.2) is 4.79 Å². The Balaban J connectivity index is 2.15. The molecule has 0 unspecified atom stereocenters. The maximum absolute atomic E-state index is 10.9. The van der Waals surface area contributed by atoms with Crippen molar-refractivity contribution in [1.82, 2.24) is 0 Å². The van der Waals surface area contributed by atoms with Gasteiger partial charge in [-0.2, -0.15) is 0 Å². The molecule has 3 heteroatoms. The summed E-state index contributed by atoms with van der Waals surface area (Å²) in [4.78, 5) is 10.9. The zero-order valence-electron chi connectivity index (χ0n) is 12.6. The van der Waals surface area contributed by atoms with Crippen molar-refractivity contribution in [3.8, 4) is 5.75 Å². The topological polar surface area (TPSA) is 46.5 Å². The highest BCUT2D eigenvalue weighted by atomic mass is 16.5. The van der Waals surface area contributed by atoms with E-state index in [1.54, 1.807) is 12.1 Å². The number of carbonyl (C=O) groups is 1. The van der Waals surface area contributed by atoms with E-state index in [1.165, 1.54) is 5.56 Å². The number of carboxylic acids is 1. The molecule has 0 spiro atoms. The van der Waals surface area contributed by atoms with E-state index in [0.29, 0.717) is 18.1 Å². The van der Waals surface area contributed by atoms with Crippen molar-refractivity contribution in [2.45, 2.75) is 33.3 Å². The number of carboxylic acid groups (broad SMARTS) is 1. The minimum Gasteiger partial charge on any atom is -0.489 e. The lowest BCUT2D eigenvalue weighted by Crippen LogP contribution is -2.03. The maximum Gasteiger partial charge on any atom is 0.335 e. The number of benzene rings is 2. The van der Waals surface area contributed by atoms with Crippen LogP contribution < -0.4 is 4.74 Å². The summed E-state index contributed by atoms with van der Waals surface area (Å²) in [6, 6.07) is 13.1. The van der Waals surface area contributed by atoms with Crippen molar-refractivity contribution in [2.24, 2.45) is 0 Å². The van der Waals surface area contributed by atoms with E-state index >= 15 is 0 Å². The van der Waals surface area contributed by atoms with Crippen LogP contribution in [-0.4, -0.2) is 11.1 Å². The Bertz CT molecular complexity index is 645. The van der Waals surface area contributed by atoms with Crippen LogP contribution in [0.15, 0.2) is 42.5 Å². The molecule has 3 nitrogen and oxygen atoms in total. The van der Waals surface area contributed by atoms with Crippen LogP contribution in [0.4, 0.5) is 0 Å². The first kappa shape index (κ1) is 15.1. The van der Waals surface area contributed by atoms with Gasteiger partial charge in [0.1, 0.15) is 12.4 Å². The fourth-order valence-electron chi connectivity index (χ4n) is 2.24. The van der Waals surface area contributed by atoms with Crippen molar-refractivity contribution < 1.29 is 14.6 Å². The van der Waals surface area contributed by atoms with E-state index in [1.807, 2.05) is 31.2 Å². The lowest BCUT2D eigenvalue weighted by atomic mass is 10.0. The summed E-state index contributed by atoms with van der Waals surface area (Å²) >= 11 is 0. The third-order valence-corrected chi connectivity index (χ3v) is 3.51. The average Bonchev–Trinajstić information content (AvgIpc) is 2.46. The van der Waals surface area contributed by atoms with E-state index in [2.05, 4.69) is 19.9 Å². The molecular weight excluding hydrogens is 264 g/mol. The summed E-state index contributed by atoms with van der Waals surface area (Å²) in [6.07, 6.45) is 0. The molecule has 0 aliphatic heterocycles. The monoisotopic (exact) mass is 284 g/mol. The zero-order chi connectivity index (χ0) is 15.4. The summed E-state index contributed by atoms with van der Waals surface area (Å²) in [5, 5.41) is 8.97. The Morgan fingerprint density at radius 1 is 1.19 bits per heavy atom. The summed E-state index contributed by atoms with van der Waals surface area (Å²) in [5.41, 5.74) is 3.41. The van der Waals surface area contributed by atoms with Crippen LogP contribution in [-0.2, 0) is 6.61 Å². The van der Waals surface area contributed by atoms with E-state index in [-0.39, 0.29) is 0 Å². The predicted octanol–water partition coefficient (Wildman–Crippen LogP) is 4.40. The summed E-state index contributed by atoms with van der Waals surface area (Å²) in [5.74, 6) is 0.376. The molecule has 0 atom stereocenters. The zero-order valence-corrected chi connectivity index (χ0v) is 12.6. The molecule has 0 saturated heterocycles. The maximum atomic E-state index is 10.9. The van der Waals surface area contributed by atoms with Crippen molar-refractivity contribution in [1.29, 1.82) is 0 Å². The van der Waals surface area contributed by atoms with Gasteiger partial charge in [0.25, 0.3) is 0 Å². The van der Waals surface area contributed by atoms with Crippen LogP contribution in [0, 0.1) is 6.92 Å². The van der Waals surface area contributed by atoms with Gasteiger partial charge in [-0.15, -0.1) is 0 Å². The second-order valence-electron chi connectivity index (χ2n) is 5.43. The smallest absolute Gasteiger partial charge is 0.335 e. The lowest BCUT2D eigenvalue weighted by molar-refractivity contribution is 0.0696. The van der Waals surface area contributed by atoms with E-state index in [9.17, 15) is 4.79 Å². The molecule has 0 fully saturated rings. The second kappa shape index (κ2) is 6.44. The molecule has 0 saturated carbocycles. The van der Waals surface area contributed by atoms with Gasteiger partial charge >= 0.3 is 5.97 Å². The van der Waals surface area contributed by atoms with Gasteiger partial charge in [0.05, 0.1) is 5.56 Å². The molecule has 2 aromatic rings. The van der Waals surface area contributed by atoms with Gasteiger partial charge in [-0.3, -0.25) is 0 Å². The predicted molar refractivity (Wildman–Crippen MR) is 83.0 cm³/mol. The van der Waals surface area contributed by atoms with Crippen LogP contribution >= 0.6 is 0 Å². The molecule has 0 heterocycles. The fraction of sp³-hybridized carbons (Fsp3) is 0.278. The highest BCUT2D eigenvalue weighted by molar-refractivity contribution is 5.87. The van der Waals surface area contributed by atoms with Crippen LogP contribution in [0.3, 0.4) is 0 Å². The first-order valence-electron chi connectivity index (χ1n) is 7.03. The second-order valence-corrected chi connectivity index (χ2v) is 5.43. The first-order valence-corrected chi connectivity index (χ1v) is 7.03. The van der Waals surface area contributed by atoms with Gasteiger partial charge in [0.2, 0.25) is 0 Å². The molecule has 0 radical (unpaired) electrons. The van der Waals surface area contributed by atoms with E-state index in [4.69, 9.17) is 9.84 Å². The van der Waals surface area contributed by atoms with E-state index < -0.39 is 5.97 Å². The van der Waals surface area contributed by atoms with Crippen LogP contribution in [0.1, 0.15) is 46.8 Å². The Morgan fingerprint density at radius 3 is 2.52 bits per heavy atom. The first-order chi connectivity index (χ1) is 9.99. The number of hydrogen-bond donors (Lipinski definition) is 1. The molecule has 0 bridgehead atoms. The Morgan fingerprint density at radius 2 is 1.90 bits per heavy atom.